The molecule has 0 bridgehead atoms. The Bertz CT molecular complexity index is 1060. The molecule has 3 aromatic rings. The van der Waals surface area contributed by atoms with Crippen LogP contribution >= 0.6 is 0 Å². The second-order valence-electron chi connectivity index (χ2n) is 6.52. The van der Waals surface area contributed by atoms with E-state index in [2.05, 4.69) is 9.56 Å². The molecule has 0 fully saturated rings. The van der Waals surface area contributed by atoms with Crippen LogP contribution in [0.3, 0.4) is 0 Å². The molecule has 0 saturated heterocycles. The third-order valence-corrected chi connectivity index (χ3v) is 4.56. The fourth-order valence-corrected chi connectivity index (χ4v) is 3.10. The van der Waals surface area contributed by atoms with Crippen LogP contribution < -0.4 is 5.11 Å². The van der Waals surface area contributed by atoms with Crippen molar-refractivity contribution >= 4 is 23.8 Å². The monoisotopic (exact) mass is 389 g/mol. The van der Waals surface area contributed by atoms with Gasteiger partial charge in [0.05, 0.1) is 23.8 Å². The number of aliphatic imine (C=N–C) groups is 1. The van der Waals surface area contributed by atoms with Crippen molar-refractivity contribution in [3.8, 4) is 5.69 Å². The zero-order valence-electron chi connectivity index (χ0n) is 16.5. The number of nitrogens with zero attached hydrogens (tertiary/aromatic N) is 2. The minimum Gasteiger partial charge on any atom is -0.545 e. The van der Waals surface area contributed by atoms with Gasteiger partial charge in [-0.25, -0.2) is 4.79 Å². The van der Waals surface area contributed by atoms with Gasteiger partial charge in [-0.2, -0.15) is 0 Å². The maximum Gasteiger partial charge on any atom is 0.338 e. The number of hydrogen-bond donors (Lipinski definition) is 0. The molecule has 0 radical (unpaired) electrons. The Morgan fingerprint density at radius 2 is 1.66 bits per heavy atom. The van der Waals surface area contributed by atoms with Gasteiger partial charge in [-0.05, 0) is 68.8 Å². The summed E-state index contributed by atoms with van der Waals surface area (Å²) < 4.78 is 7.10. The summed E-state index contributed by atoms with van der Waals surface area (Å²) in [4.78, 5) is 27.1. The Morgan fingerprint density at radius 3 is 2.24 bits per heavy atom. The quantitative estimate of drug-likeness (QED) is 0.478. The maximum atomic E-state index is 11.8. The Balaban J connectivity index is 1.84. The number of carbonyl (C=O) groups is 2. The summed E-state index contributed by atoms with van der Waals surface area (Å²) in [6, 6.07) is 15.5. The molecule has 1 aromatic heterocycles. The number of benzene rings is 2. The third kappa shape index (κ3) is 4.43. The highest BCUT2D eigenvalue weighted by Gasteiger charge is 2.11. The second kappa shape index (κ2) is 8.56. The van der Waals surface area contributed by atoms with Gasteiger partial charge in [-0.3, -0.25) is 4.99 Å². The largest absolute Gasteiger partial charge is 0.545 e. The first kappa shape index (κ1) is 20.1. The number of rotatable bonds is 6. The predicted molar refractivity (Wildman–Crippen MR) is 109 cm³/mol. The Kier molecular flexibility index (Phi) is 5.93. The lowest BCUT2D eigenvalue weighted by atomic mass is 10.2. The van der Waals surface area contributed by atoms with E-state index in [1.165, 1.54) is 12.1 Å². The van der Waals surface area contributed by atoms with E-state index in [1.807, 2.05) is 32.0 Å². The maximum absolute atomic E-state index is 11.8. The van der Waals surface area contributed by atoms with Crippen LogP contribution in [0.15, 0.2) is 59.6 Å². The summed E-state index contributed by atoms with van der Waals surface area (Å²) in [5.74, 6) is -1.55. The number of aryl methyl sites for hydroxylation is 1. The van der Waals surface area contributed by atoms with Gasteiger partial charge in [0, 0.05) is 28.9 Å². The lowest BCUT2D eigenvalue weighted by molar-refractivity contribution is -0.255. The Labute approximate surface area is 169 Å². The first-order valence-corrected chi connectivity index (χ1v) is 9.22. The molecular formula is C23H21N2O4-. The number of carboxylic acids is 1. The van der Waals surface area contributed by atoms with Crippen molar-refractivity contribution < 1.29 is 19.4 Å². The molecule has 0 spiro atoms. The number of ether oxygens (including phenoxy) is 1. The molecule has 0 aliphatic rings. The smallest absolute Gasteiger partial charge is 0.338 e. The first-order valence-electron chi connectivity index (χ1n) is 9.22. The van der Waals surface area contributed by atoms with Crippen LogP contribution in [-0.2, 0) is 4.74 Å². The molecule has 148 valence electrons. The number of carbonyl (C=O) groups excluding carboxylic acids is 2. The van der Waals surface area contributed by atoms with E-state index in [-0.39, 0.29) is 11.5 Å². The van der Waals surface area contributed by atoms with Crippen molar-refractivity contribution in [2.45, 2.75) is 20.8 Å². The molecule has 0 N–H and O–H groups in total. The van der Waals surface area contributed by atoms with Crippen molar-refractivity contribution in [3.05, 3.63) is 82.7 Å². The van der Waals surface area contributed by atoms with Crippen LogP contribution in [0, 0.1) is 13.8 Å². The highest BCUT2D eigenvalue weighted by atomic mass is 16.5. The zero-order valence-corrected chi connectivity index (χ0v) is 16.5. The van der Waals surface area contributed by atoms with Crippen molar-refractivity contribution in [3.63, 3.8) is 0 Å². The van der Waals surface area contributed by atoms with Gasteiger partial charge < -0.3 is 19.2 Å². The standard InChI is InChI=1S/C23H22N2O4/c1-4-29-23(28)18-7-11-21(12-8-18)25-15(2)13-19(16(25)3)14-24-20-9-5-17(6-10-20)22(26)27/h5-14H,4H2,1-3H3,(H,26,27)/p-1. The highest BCUT2D eigenvalue weighted by molar-refractivity contribution is 5.90. The van der Waals surface area contributed by atoms with E-state index < -0.39 is 5.97 Å². The molecule has 0 aliphatic carbocycles. The summed E-state index contributed by atoms with van der Waals surface area (Å²) in [5, 5.41) is 10.8. The fraction of sp³-hybridized carbons (Fsp3) is 0.174. The third-order valence-electron chi connectivity index (χ3n) is 4.56. The van der Waals surface area contributed by atoms with Crippen molar-refractivity contribution in [1.82, 2.24) is 4.57 Å². The molecule has 1 heterocycles. The number of aromatic carboxylic acids is 1. The fourth-order valence-electron chi connectivity index (χ4n) is 3.10. The minimum atomic E-state index is -1.21. The summed E-state index contributed by atoms with van der Waals surface area (Å²) in [6.07, 6.45) is 1.75. The number of esters is 1. The number of carboxylic acid groups (broad SMARTS) is 1. The number of aromatic nitrogens is 1. The van der Waals surface area contributed by atoms with Gasteiger partial charge in [0.25, 0.3) is 0 Å². The van der Waals surface area contributed by atoms with Gasteiger partial charge in [-0.1, -0.05) is 12.1 Å². The van der Waals surface area contributed by atoms with Gasteiger partial charge >= 0.3 is 5.97 Å². The molecule has 0 atom stereocenters. The molecule has 0 saturated carbocycles. The van der Waals surface area contributed by atoms with E-state index >= 15 is 0 Å². The average Bonchev–Trinajstić information content (AvgIpc) is 3.00. The van der Waals surface area contributed by atoms with Crippen LogP contribution in [0.2, 0.25) is 0 Å². The molecule has 0 amide bonds. The summed E-state index contributed by atoms with van der Waals surface area (Å²) in [6.45, 7) is 6.11. The molecule has 2 aromatic carbocycles. The molecule has 0 unspecified atom stereocenters. The molecule has 6 heteroatoms. The molecule has 0 aliphatic heterocycles. The first-order chi connectivity index (χ1) is 13.9. The lowest BCUT2D eigenvalue weighted by Crippen LogP contribution is -2.21. The van der Waals surface area contributed by atoms with Crippen molar-refractivity contribution in [2.24, 2.45) is 4.99 Å². The van der Waals surface area contributed by atoms with Crippen LogP contribution in [0.4, 0.5) is 5.69 Å². The second-order valence-corrected chi connectivity index (χ2v) is 6.52. The Hall–Kier alpha value is -3.67. The van der Waals surface area contributed by atoms with E-state index in [9.17, 15) is 14.7 Å². The van der Waals surface area contributed by atoms with Gasteiger partial charge in [-0.15, -0.1) is 0 Å². The normalized spacial score (nSPS) is 11.0. The topological polar surface area (TPSA) is 83.7 Å². The molecule has 29 heavy (non-hydrogen) atoms. The van der Waals surface area contributed by atoms with Crippen LogP contribution in [-0.4, -0.2) is 29.3 Å². The van der Waals surface area contributed by atoms with Crippen LogP contribution in [0.25, 0.3) is 5.69 Å². The van der Waals surface area contributed by atoms with Crippen molar-refractivity contribution in [1.29, 1.82) is 0 Å². The van der Waals surface area contributed by atoms with Gasteiger partial charge in [0.15, 0.2) is 0 Å². The summed E-state index contributed by atoms with van der Waals surface area (Å²) in [7, 11) is 0. The number of hydrogen-bond acceptors (Lipinski definition) is 5. The van der Waals surface area contributed by atoms with E-state index in [4.69, 9.17) is 4.74 Å². The summed E-state index contributed by atoms with van der Waals surface area (Å²) >= 11 is 0. The van der Waals surface area contributed by atoms with E-state index in [1.54, 1.807) is 37.4 Å². The SMILES string of the molecule is CCOC(=O)c1ccc(-n2c(C)cc(C=Nc3ccc(C(=O)[O-])cc3)c2C)cc1. The van der Waals surface area contributed by atoms with Gasteiger partial charge in [0.1, 0.15) is 0 Å². The minimum absolute atomic E-state index is 0.119. The molecule has 6 nitrogen and oxygen atoms in total. The molecular weight excluding hydrogens is 368 g/mol. The average molecular weight is 389 g/mol. The Morgan fingerprint density at radius 1 is 1.03 bits per heavy atom. The predicted octanol–water partition coefficient (Wildman–Crippen LogP) is 3.38. The lowest BCUT2D eigenvalue weighted by Gasteiger charge is -2.10. The van der Waals surface area contributed by atoms with Crippen LogP contribution in [0.5, 0.6) is 0 Å². The van der Waals surface area contributed by atoms with E-state index in [0.29, 0.717) is 17.9 Å². The van der Waals surface area contributed by atoms with Crippen LogP contribution in [0.1, 0.15) is 44.6 Å². The molecule has 3 rings (SSSR count). The summed E-state index contributed by atoms with van der Waals surface area (Å²) in [5.41, 5.74) is 5.19. The highest BCUT2D eigenvalue weighted by Crippen LogP contribution is 2.21. The zero-order chi connectivity index (χ0) is 21.0. The van der Waals surface area contributed by atoms with Gasteiger partial charge in [0.2, 0.25) is 0 Å². The van der Waals surface area contributed by atoms with E-state index in [0.717, 1.165) is 22.6 Å². The van der Waals surface area contributed by atoms with Crippen molar-refractivity contribution in [2.75, 3.05) is 6.61 Å².